The molecule has 3 N–H and O–H groups in total. The summed E-state index contributed by atoms with van der Waals surface area (Å²) in [6.07, 6.45) is 4.23. The highest BCUT2D eigenvalue weighted by molar-refractivity contribution is 6.31. The lowest BCUT2D eigenvalue weighted by molar-refractivity contribution is -0.122. The van der Waals surface area contributed by atoms with E-state index in [0.29, 0.717) is 42.6 Å². The SMILES string of the molecule is C[C@]1(O)C[C@@H](N2C(=O)NCc3cc(OCCN4CCC5(CC4)C(=O)Nc4ccc(Cl)cc45)cnc32)C1. The van der Waals surface area contributed by atoms with Crippen molar-refractivity contribution < 1.29 is 19.4 Å². The molecule has 0 radical (unpaired) electrons. The third-order valence-corrected chi connectivity index (χ3v) is 8.31. The molecule has 1 spiro atoms. The van der Waals surface area contributed by atoms with Gasteiger partial charge in [-0.25, -0.2) is 9.78 Å². The number of anilines is 2. The molecular formula is C26H30ClN5O4. The van der Waals surface area contributed by atoms with Crippen molar-refractivity contribution in [1.82, 2.24) is 15.2 Å². The predicted molar refractivity (Wildman–Crippen MR) is 136 cm³/mol. The molecule has 1 saturated heterocycles. The number of pyridine rings is 1. The summed E-state index contributed by atoms with van der Waals surface area (Å²) in [5.41, 5.74) is 1.58. The zero-order valence-electron chi connectivity index (χ0n) is 20.2. The van der Waals surface area contributed by atoms with Gasteiger partial charge in [0.15, 0.2) is 0 Å². The molecule has 0 bridgehead atoms. The van der Waals surface area contributed by atoms with E-state index in [1.807, 2.05) is 24.3 Å². The van der Waals surface area contributed by atoms with Crippen LogP contribution in [-0.2, 0) is 16.8 Å². The summed E-state index contributed by atoms with van der Waals surface area (Å²) in [6.45, 7) is 5.05. The minimum Gasteiger partial charge on any atom is -0.491 e. The van der Waals surface area contributed by atoms with E-state index in [9.17, 15) is 14.7 Å². The molecule has 0 unspecified atom stereocenters. The molecule has 6 rings (SSSR count). The number of carbonyl (C=O) groups excluding carboxylic acids is 2. The summed E-state index contributed by atoms with van der Waals surface area (Å²) >= 11 is 6.22. The van der Waals surface area contributed by atoms with Gasteiger partial charge in [-0.3, -0.25) is 14.6 Å². The number of hydrogen-bond donors (Lipinski definition) is 3. The minimum atomic E-state index is -0.725. The summed E-state index contributed by atoms with van der Waals surface area (Å²) in [4.78, 5) is 33.8. The molecule has 4 aliphatic rings. The molecule has 2 fully saturated rings. The monoisotopic (exact) mass is 511 g/mol. The number of halogens is 1. The Bertz CT molecular complexity index is 1220. The van der Waals surface area contributed by atoms with Crippen LogP contribution in [0.5, 0.6) is 5.75 Å². The molecule has 1 aliphatic carbocycles. The Morgan fingerprint density at radius 3 is 2.75 bits per heavy atom. The minimum absolute atomic E-state index is 0.0503. The molecule has 0 atom stereocenters. The van der Waals surface area contributed by atoms with Crippen molar-refractivity contribution in [2.45, 2.75) is 56.2 Å². The van der Waals surface area contributed by atoms with E-state index >= 15 is 0 Å². The number of fused-ring (bicyclic) bond motifs is 3. The molecule has 190 valence electrons. The third kappa shape index (κ3) is 3.99. The van der Waals surface area contributed by atoms with Gasteiger partial charge in [0.05, 0.1) is 17.2 Å². The zero-order chi connectivity index (χ0) is 25.1. The molecule has 36 heavy (non-hydrogen) atoms. The third-order valence-electron chi connectivity index (χ3n) is 8.08. The molecule has 3 amide bonds. The van der Waals surface area contributed by atoms with E-state index in [-0.39, 0.29) is 18.0 Å². The number of carbonyl (C=O) groups is 2. The Morgan fingerprint density at radius 1 is 1.22 bits per heavy atom. The van der Waals surface area contributed by atoms with Gasteiger partial charge >= 0.3 is 6.03 Å². The standard InChI is InChI=1S/C26H30ClN5O4/c1-25(35)12-18(13-25)32-22-16(14-29-24(32)34)10-19(15-28-22)36-9-8-31-6-4-26(5-7-31)20-11-17(27)2-3-21(20)30-23(26)33/h2-3,10-11,15,18,35H,4-9,12-14H2,1H3,(H,29,34)(H,30,33)/t18-,25+. The second kappa shape index (κ2) is 8.61. The normalized spacial score (nSPS) is 26.6. The maximum Gasteiger partial charge on any atom is 0.323 e. The maximum absolute atomic E-state index is 12.8. The topological polar surface area (TPSA) is 107 Å². The number of rotatable bonds is 5. The van der Waals surface area contributed by atoms with Gasteiger partial charge in [0.25, 0.3) is 0 Å². The van der Waals surface area contributed by atoms with Crippen LogP contribution in [0.25, 0.3) is 0 Å². The summed E-state index contributed by atoms with van der Waals surface area (Å²) in [5, 5.41) is 16.7. The van der Waals surface area contributed by atoms with Crippen LogP contribution >= 0.6 is 11.6 Å². The fourth-order valence-corrected chi connectivity index (χ4v) is 6.24. The number of aromatic nitrogens is 1. The largest absolute Gasteiger partial charge is 0.491 e. The van der Waals surface area contributed by atoms with Gasteiger partial charge in [0.2, 0.25) is 5.91 Å². The van der Waals surface area contributed by atoms with E-state index in [1.165, 1.54) is 0 Å². The second-order valence-corrected chi connectivity index (χ2v) is 11.1. The van der Waals surface area contributed by atoms with Gasteiger partial charge < -0.3 is 20.5 Å². The van der Waals surface area contributed by atoms with Crippen LogP contribution in [0.3, 0.4) is 0 Å². The molecule has 9 nitrogen and oxygen atoms in total. The number of amides is 3. The van der Waals surface area contributed by atoms with Crippen molar-refractivity contribution >= 4 is 35.0 Å². The number of nitrogens with one attached hydrogen (secondary N) is 2. The average Bonchev–Trinajstić information content (AvgIpc) is 3.09. The number of urea groups is 1. The summed E-state index contributed by atoms with van der Waals surface area (Å²) < 4.78 is 6.01. The van der Waals surface area contributed by atoms with Crippen LogP contribution in [0.1, 0.15) is 43.7 Å². The number of nitrogens with zero attached hydrogens (tertiary/aromatic N) is 3. The average molecular weight is 512 g/mol. The lowest BCUT2D eigenvalue weighted by Crippen LogP contribution is -2.59. The maximum atomic E-state index is 12.8. The van der Waals surface area contributed by atoms with Crippen molar-refractivity contribution in [3.63, 3.8) is 0 Å². The van der Waals surface area contributed by atoms with Gasteiger partial charge in [0.1, 0.15) is 18.2 Å². The van der Waals surface area contributed by atoms with Crippen molar-refractivity contribution in [2.75, 3.05) is 36.5 Å². The second-order valence-electron chi connectivity index (χ2n) is 10.7. The van der Waals surface area contributed by atoms with Crippen LogP contribution < -0.4 is 20.3 Å². The van der Waals surface area contributed by atoms with Crippen molar-refractivity contribution in [3.8, 4) is 5.75 Å². The van der Waals surface area contributed by atoms with E-state index < -0.39 is 11.0 Å². The molecular weight excluding hydrogens is 482 g/mol. The Labute approximate surface area is 214 Å². The Hall–Kier alpha value is -2.88. The Balaban J connectivity index is 1.05. The number of benzene rings is 1. The highest BCUT2D eigenvalue weighted by Crippen LogP contribution is 2.46. The van der Waals surface area contributed by atoms with E-state index in [0.717, 1.165) is 49.3 Å². The van der Waals surface area contributed by atoms with Crippen LogP contribution in [0.15, 0.2) is 30.5 Å². The number of piperidine rings is 1. The molecule has 3 aliphatic heterocycles. The zero-order valence-corrected chi connectivity index (χ0v) is 21.0. The number of hydrogen-bond acceptors (Lipinski definition) is 6. The van der Waals surface area contributed by atoms with E-state index in [1.54, 1.807) is 18.0 Å². The number of ether oxygens (including phenoxy) is 1. The van der Waals surface area contributed by atoms with Crippen molar-refractivity contribution in [2.24, 2.45) is 0 Å². The molecule has 1 aromatic heterocycles. The molecule has 2 aromatic rings. The molecule has 4 heterocycles. The van der Waals surface area contributed by atoms with Crippen LogP contribution in [0.4, 0.5) is 16.3 Å². The quantitative estimate of drug-likeness (QED) is 0.569. The lowest BCUT2D eigenvalue weighted by atomic mass is 9.73. The number of likely N-dealkylation sites (tertiary alicyclic amines) is 1. The highest BCUT2D eigenvalue weighted by Gasteiger charge is 2.48. The van der Waals surface area contributed by atoms with Crippen molar-refractivity contribution in [1.29, 1.82) is 0 Å². The fraction of sp³-hybridized carbons (Fsp3) is 0.500. The van der Waals surface area contributed by atoms with Crippen LogP contribution in [0, 0.1) is 0 Å². The van der Waals surface area contributed by atoms with Crippen LogP contribution in [-0.4, -0.2) is 64.8 Å². The first-order valence-corrected chi connectivity index (χ1v) is 12.9. The van der Waals surface area contributed by atoms with Gasteiger partial charge in [-0.05, 0) is 75.5 Å². The first kappa shape index (κ1) is 23.5. The molecule has 10 heteroatoms. The number of aliphatic hydroxyl groups is 1. The fourth-order valence-electron chi connectivity index (χ4n) is 6.07. The Morgan fingerprint density at radius 2 is 2.00 bits per heavy atom. The first-order chi connectivity index (χ1) is 17.2. The summed E-state index contributed by atoms with van der Waals surface area (Å²) in [7, 11) is 0. The van der Waals surface area contributed by atoms with Gasteiger partial charge in [-0.1, -0.05) is 11.6 Å². The van der Waals surface area contributed by atoms with Crippen LogP contribution in [0.2, 0.25) is 5.02 Å². The molecule has 1 aromatic carbocycles. The van der Waals surface area contributed by atoms with E-state index in [2.05, 4.69) is 20.5 Å². The Kier molecular flexibility index (Phi) is 5.62. The highest BCUT2D eigenvalue weighted by atomic mass is 35.5. The predicted octanol–water partition coefficient (Wildman–Crippen LogP) is 3.04. The first-order valence-electron chi connectivity index (χ1n) is 12.5. The summed E-state index contributed by atoms with van der Waals surface area (Å²) in [6, 6.07) is 7.33. The smallest absolute Gasteiger partial charge is 0.323 e. The van der Waals surface area contributed by atoms with E-state index in [4.69, 9.17) is 16.3 Å². The molecule has 1 saturated carbocycles. The van der Waals surface area contributed by atoms with Gasteiger partial charge in [0, 0.05) is 35.4 Å². The van der Waals surface area contributed by atoms with Crippen molar-refractivity contribution in [3.05, 3.63) is 46.6 Å². The van der Waals surface area contributed by atoms with Gasteiger partial charge in [-0.15, -0.1) is 0 Å². The van der Waals surface area contributed by atoms with Gasteiger partial charge in [-0.2, -0.15) is 0 Å². The lowest BCUT2D eigenvalue weighted by Gasteiger charge is -2.47. The summed E-state index contributed by atoms with van der Waals surface area (Å²) in [5.74, 6) is 1.38.